The summed E-state index contributed by atoms with van der Waals surface area (Å²) in [5.41, 5.74) is 12.3. The van der Waals surface area contributed by atoms with Crippen LogP contribution in [0.3, 0.4) is 0 Å². The summed E-state index contributed by atoms with van der Waals surface area (Å²) in [7, 11) is 0. The SMILES string of the molecule is CC1(C)c2cc(-c3nc(-c4ccc(-c5cccnc5)cc4)nc(-c4cccc(-c5ccccc5)c4)n3)ccc2-c2c1ccc1ccccc21. The molecule has 0 fully saturated rings. The molecule has 2 aromatic heterocycles. The highest BCUT2D eigenvalue weighted by molar-refractivity contribution is 6.02. The second-order valence-corrected chi connectivity index (χ2v) is 13.2. The lowest BCUT2D eigenvalue weighted by Crippen LogP contribution is -2.15. The van der Waals surface area contributed by atoms with Crippen LogP contribution in [0.2, 0.25) is 0 Å². The van der Waals surface area contributed by atoms with Gasteiger partial charge >= 0.3 is 0 Å². The minimum absolute atomic E-state index is 0.171. The monoisotopic (exact) mass is 628 g/mol. The molecule has 0 spiro atoms. The number of rotatable bonds is 5. The van der Waals surface area contributed by atoms with Gasteiger partial charge in [-0.1, -0.05) is 141 Å². The summed E-state index contributed by atoms with van der Waals surface area (Å²) in [5, 5.41) is 2.55. The summed E-state index contributed by atoms with van der Waals surface area (Å²) in [4.78, 5) is 19.6. The van der Waals surface area contributed by atoms with Gasteiger partial charge in [-0.15, -0.1) is 0 Å². The molecule has 1 aliphatic rings. The van der Waals surface area contributed by atoms with Gasteiger partial charge in [0.05, 0.1) is 0 Å². The summed E-state index contributed by atoms with van der Waals surface area (Å²) >= 11 is 0. The van der Waals surface area contributed by atoms with E-state index in [-0.39, 0.29) is 5.41 Å². The van der Waals surface area contributed by atoms with Gasteiger partial charge in [0.15, 0.2) is 17.5 Å². The first-order chi connectivity index (χ1) is 24.0. The number of aromatic nitrogens is 4. The van der Waals surface area contributed by atoms with Gasteiger partial charge in [-0.2, -0.15) is 0 Å². The molecule has 9 rings (SSSR count). The summed E-state index contributed by atoms with van der Waals surface area (Å²) in [6.07, 6.45) is 3.67. The quantitative estimate of drug-likeness (QED) is 0.190. The van der Waals surface area contributed by atoms with Crippen molar-refractivity contribution in [2.24, 2.45) is 0 Å². The molecule has 0 radical (unpaired) electrons. The van der Waals surface area contributed by atoms with Crippen molar-refractivity contribution < 1.29 is 0 Å². The highest BCUT2D eigenvalue weighted by atomic mass is 15.0. The maximum atomic E-state index is 5.14. The van der Waals surface area contributed by atoms with Crippen LogP contribution in [0.1, 0.15) is 25.0 Å². The number of nitrogens with zero attached hydrogens (tertiary/aromatic N) is 4. The van der Waals surface area contributed by atoms with Crippen LogP contribution in [-0.2, 0) is 5.41 Å². The zero-order valence-corrected chi connectivity index (χ0v) is 27.3. The third kappa shape index (κ3) is 5.01. The van der Waals surface area contributed by atoms with Crippen LogP contribution in [0.25, 0.3) is 78.3 Å². The van der Waals surface area contributed by atoms with Gasteiger partial charge in [0, 0.05) is 34.5 Å². The average molecular weight is 629 g/mol. The van der Waals surface area contributed by atoms with Crippen LogP contribution in [0.15, 0.2) is 158 Å². The molecule has 4 heteroatoms. The Kier molecular flexibility index (Phi) is 6.77. The molecule has 0 N–H and O–H groups in total. The van der Waals surface area contributed by atoms with E-state index < -0.39 is 0 Å². The van der Waals surface area contributed by atoms with Crippen molar-refractivity contribution in [3.8, 4) is 67.5 Å². The van der Waals surface area contributed by atoms with E-state index in [1.165, 1.54) is 33.0 Å². The van der Waals surface area contributed by atoms with E-state index in [9.17, 15) is 0 Å². The van der Waals surface area contributed by atoms with Crippen molar-refractivity contribution in [1.82, 2.24) is 19.9 Å². The highest BCUT2D eigenvalue weighted by Crippen LogP contribution is 2.52. The van der Waals surface area contributed by atoms with Crippen LogP contribution in [0.5, 0.6) is 0 Å². The van der Waals surface area contributed by atoms with Gasteiger partial charge < -0.3 is 0 Å². The summed E-state index contributed by atoms with van der Waals surface area (Å²) in [6.45, 7) is 4.64. The molecule has 0 atom stereocenters. The largest absolute Gasteiger partial charge is 0.264 e. The van der Waals surface area contributed by atoms with E-state index in [0.29, 0.717) is 17.5 Å². The fourth-order valence-corrected chi connectivity index (χ4v) is 7.22. The Morgan fingerprint density at radius 1 is 0.429 bits per heavy atom. The number of pyridine rings is 1. The van der Waals surface area contributed by atoms with Gasteiger partial charge in [-0.25, -0.2) is 15.0 Å². The predicted octanol–water partition coefficient (Wildman–Crippen LogP) is 11.1. The Labute approximate surface area is 285 Å². The molecule has 0 amide bonds. The Bertz CT molecular complexity index is 2500. The number of hydrogen-bond acceptors (Lipinski definition) is 4. The summed E-state index contributed by atoms with van der Waals surface area (Å²) < 4.78 is 0. The molecule has 0 saturated carbocycles. The van der Waals surface area contributed by atoms with Crippen LogP contribution in [0, 0.1) is 0 Å². The Balaban J connectivity index is 1.19. The zero-order valence-electron chi connectivity index (χ0n) is 27.3. The second kappa shape index (κ2) is 11.5. The predicted molar refractivity (Wildman–Crippen MR) is 200 cm³/mol. The Morgan fingerprint density at radius 3 is 1.82 bits per heavy atom. The molecule has 0 saturated heterocycles. The molecule has 232 valence electrons. The van der Waals surface area contributed by atoms with Crippen molar-refractivity contribution in [3.05, 3.63) is 169 Å². The lowest BCUT2D eigenvalue weighted by molar-refractivity contribution is 0.661. The first-order valence-corrected chi connectivity index (χ1v) is 16.6. The van der Waals surface area contributed by atoms with Gasteiger partial charge in [-0.05, 0) is 73.5 Å². The van der Waals surface area contributed by atoms with Crippen molar-refractivity contribution in [2.45, 2.75) is 19.3 Å². The molecule has 4 nitrogen and oxygen atoms in total. The van der Waals surface area contributed by atoms with Crippen molar-refractivity contribution in [1.29, 1.82) is 0 Å². The molecule has 1 aliphatic carbocycles. The Hall–Kier alpha value is -6.26. The van der Waals surface area contributed by atoms with E-state index >= 15 is 0 Å². The fourth-order valence-electron chi connectivity index (χ4n) is 7.22. The van der Waals surface area contributed by atoms with Gasteiger partial charge in [0.1, 0.15) is 0 Å². The smallest absolute Gasteiger partial charge is 0.164 e. The lowest BCUT2D eigenvalue weighted by Gasteiger charge is -2.22. The standard InChI is InChI=1S/C45H32N4/c1-45(2)39-24-22-31-12-6-7-16-37(31)41(39)38-23-21-35(27-40(38)45)44-48-42(32-19-17-30(18-20-32)36-15-9-25-46-28-36)47-43(49-44)34-14-8-13-33(26-34)29-10-4-3-5-11-29/h3-28H,1-2H3. The average Bonchev–Trinajstić information content (AvgIpc) is 3.41. The normalized spacial score (nSPS) is 12.9. The number of fused-ring (bicyclic) bond motifs is 5. The second-order valence-electron chi connectivity index (χ2n) is 13.2. The molecule has 0 bridgehead atoms. The minimum Gasteiger partial charge on any atom is -0.264 e. The minimum atomic E-state index is -0.171. The van der Waals surface area contributed by atoms with E-state index in [1.54, 1.807) is 6.20 Å². The maximum Gasteiger partial charge on any atom is 0.164 e. The third-order valence-corrected chi connectivity index (χ3v) is 9.82. The topological polar surface area (TPSA) is 51.6 Å². The third-order valence-electron chi connectivity index (χ3n) is 9.82. The number of hydrogen-bond donors (Lipinski definition) is 0. The van der Waals surface area contributed by atoms with Crippen molar-refractivity contribution in [2.75, 3.05) is 0 Å². The molecular weight excluding hydrogens is 597 g/mol. The van der Waals surface area contributed by atoms with Gasteiger partial charge in [0.2, 0.25) is 0 Å². The molecule has 0 unspecified atom stereocenters. The van der Waals surface area contributed by atoms with Crippen LogP contribution in [-0.4, -0.2) is 19.9 Å². The van der Waals surface area contributed by atoms with E-state index in [2.05, 4.69) is 152 Å². The zero-order chi connectivity index (χ0) is 33.0. The van der Waals surface area contributed by atoms with Crippen molar-refractivity contribution >= 4 is 10.8 Å². The molecule has 2 heterocycles. The number of benzene rings is 6. The highest BCUT2D eigenvalue weighted by Gasteiger charge is 2.36. The fraction of sp³-hybridized carbons (Fsp3) is 0.0667. The summed E-state index contributed by atoms with van der Waals surface area (Å²) in [6, 6.07) is 51.2. The van der Waals surface area contributed by atoms with Crippen LogP contribution < -0.4 is 0 Å². The molecule has 0 aliphatic heterocycles. The van der Waals surface area contributed by atoms with Crippen molar-refractivity contribution in [3.63, 3.8) is 0 Å². The molecule has 8 aromatic rings. The summed E-state index contributed by atoms with van der Waals surface area (Å²) in [5.74, 6) is 1.93. The van der Waals surface area contributed by atoms with Gasteiger partial charge in [-0.3, -0.25) is 4.98 Å². The first-order valence-electron chi connectivity index (χ1n) is 16.6. The maximum absolute atomic E-state index is 5.14. The van der Waals surface area contributed by atoms with Crippen LogP contribution >= 0.6 is 0 Å². The molecular formula is C45H32N4. The van der Waals surface area contributed by atoms with Crippen LogP contribution in [0.4, 0.5) is 0 Å². The van der Waals surface area contributed by atoms with E-state index in [0.717, 1.165) is 38.9 Å². The lowest BCUT2D eigenvalue weighted by atomic mass is 9.81. The van der Waals surface area contributed by atoms with E-state index in [1.807, 2.05) is 18.3 Å². The first kappa shape index (κ1) is 28.9. The molecule has 6 aromatic carbocycles. The molecule has 49 heavy (non-hydrogen) atoms. The van der Waals surface area contributed by atoms with E-state index in [4.69, 9.17) is 15.0 Å². The Morgan fingerprint density at radius 2 is 1.04 bits per heavy atom. The van der Waals surface area contributed by atoms with Gasteiger partial charge in [0.25, 0.3) is 0 Å².